The summed E-state index contributed by atoms with van der Waals surface area (Å²) < 4.78 is 4.72. The van der Waals surface area contributed by atoms with Gasteiger partial charge in [0.2, 0.25) is 0 Å². The van der Waals surface area contributed by atoms with Crippen molar-refractivity contribution in [1.82, 2.24) is 4.90 Å². The Kier molecular flexibility index (Phi) is 2.65. The van der Waals surface area contributed by atoms with Crippen molar-refractivity contribution in [3.8, 4) is 0 Å². The predicted molar refractivity (Wildman–Crippen MR) is 58.6 cm³/mol. The van der Waals surface area contributed by atoms with E-state index >= 15 is 0 Å². The minimum absolute atomic E-state index is 0.159. The van der Waals surface area contributed by atoms with Crippen LogP contribution in [0.4, 0.5) is 4.79 Å². The fraction of sp³-hybridized carbons (Fsp3) is 0.917. The van der Waals surface area contributed by atoms with E-state index < -0.39 is 0 Å². The third-order valence-corrected chi connectivity index (χ3v) is 4.17. The molecule has 1 unspecified atom stereocenters. The molecule has 3 nitrogen and oxygen atoms in total. The molecule has 0 N–H and O–H groups in total. The van der Waals surface area contributed by atoms with Gasteiger partial charge in [-0.1, -0.05) is 13.8 Å². The average Bonchev–Trinajstić information content (AvgIpc) is 2.59. The van der Waals surface area contributed by atoms with Crippen molar-refractivity contribution >= 4 is 6.09 Å². The van der Waals surface area contributed by atoms with Gasteiger partial charge in [0.15, 0.2) is 0 Å². The lowest BCUT2D eigenvalue weighted by atomic mass is 9.77. The van der Waals surface area contributed by atoms with Crippen LogP contribution in [0.25, 0.3) is 0 Å². The number of nitrogens with zero attached hydrogens (tertiary/aromatic N) is 1. The largest absolute Gasteiger partial charge is 0.453 e. The van der Waals surface area contributed by atoms with Crippen LogP contribution in [0.5, 0.6) is 0 Å². The molecule has 0 bridgehead atoms. The molecule has 1 aliphatic heterocycles. The lowest BCUT2D eigenvalue weighted by Crippen LogP contribution is -2.57. The zero-order valence-electron chi connectivity index (χ0n) is 9.95. The van der Waals surface area contributed by atoms with Gasteiger partial charge in [-0.25, -0.2) is 4.79 Å². The summed E-state index contributed by atoms with van der Waals surface area (Å²) >= 11 is 0. The molecule has 1 heterocycles. The zero-order valence-corrected chi connectivity index (χ0v) is 9.95. The van der Waals surface area contributed by atoms with Crippen molar-refractivity contribution in [2.45, 2.75) is 33.1 Å². The highest BCUT2D eigenvalue weighted by Gasteiger charge is 2.50. The number of ether oxygens (including phenoxy) is 1. The van der Waals surface area contributed by atoms with Crippen molar-refractivity contribution in [1.29, 1.82) is 0 Å². The van der Waals surface area contributed by atoms with E-state index in [2.05, 4.69) is 13.8 Å². The maximum absolute atomic E-state index is 11.3. The zero-order chi connectivity index (χ0) is 11.1. The van der Waals surface area contributed by atoms with Gasteiger partial charge >= 0.3 is 6.09 Å². The summed E-state index contributed by atoms with van der Waals surface area (Å²) in [5.74, 6) is 1.65. The van der Waals surface area contributed by atoms with Gasteiger partial charge in [-0.3, -0.25) is 0 Å². The molecule has 1 saturated carbocycles. The van der Waals surface area contributed by atoms with Crippen LogP contribution >= 0.6 is 0 Å². The van der Waals surface area contributed by atoms with Gasteiger partial charge in [0.05, 0.1) is 7.11 Å². The molecule has 1 aliphatic carbocycles. The third kappa shape index (κ3) is 1.84. The van der Waals surface area contributed by atoms with Crippen LogP contribution in [0.3, 0.4) is 0 Å². The SMILES string of the molecule is COC(=O)N1CC2(CCC(C(C)C)C2)C1. The minimum atomic E-state index is -0.159. The second-order valence-electron chi connectivity index (χ2n) is 5.57. The smallest absolute Gasteiger partial charge is 0.409 e. The highest BCUT2D eigenvalue weighted by molar-refractivity contribution is 5.68. The molecule has 1 amide bonds. The molecule has 15 heavy (non-hydrogen) atoms. The molecule has 1 saturated heterocycles. The second-order valence-corrected chi connectivity index (χ2v) is 5.57. The first-order valence-electron chi connectivity index (χ1n) is 5.89. The first-order valence-corrected chi connectivity index (χ1v) is 5.89. The van der Waals surface area contributed by atoms with Crippen LogP contribution in [0.1, 0.15) is 33.1 Å². The number of hydrogen-bond donors (Lipinski definition) is 0. The predicted octanol–water partition coefficient (Wildman–Crippen LogP) is 2.51. The van der Waals surface area contributed by atoms with Gasteiger partial charge in [0.1, 0.15) is 0 Å². The van der Waals surface area contributed by atoms with Crippen LogP contribution in [0, 0.1) is 17.3 Å². The van der Waals surface area contributed by atoms with E-state index in [0.29, 0.717) is 5.41 Å². The van der Waals surface area contributed by atoms with Crippen molar-refractivity contribution in [3.05, 3.63) is 0 Å². The monoisotopic (exact) mass is 211 g/mol. The Morgan fingerprint density at radius 1 is 1.47 bits per heavy atom. The van der Waals surface area contributed by atoms with Crippen LogP contribution in [0.2, 0.25) is 0 Å². The van der Waals surface area contributed by atoms with Gasteiger partial charge in [-0.2, -0.15) is 0 Å². The number of carbonyl (C=O) groups excluding carboxylic acids is 1. The molecule has 1 spiro atoms. The lowest BCUT2D eigenvalue weighted by Gasteiger charge is -2.47. The van der Waals surface area contributed by atoms with Crippen molar-refractivity contribution in [3.63, 3.8) is 0 Å². The van der Waals surface area contributed by atoms with Crippen molar-refractivity contribution in [2.75, 3.05) is 20.2 Å². The fourth-order valence-electron chi connectivity index (χ4n) is 3.13. The third-order valence-electron chi connectivity index (χ3n) is 4.17. The Morgan fingerprint density at radius 2 is 2.13 bits per heavy atom. The quantitative estimate of drug-likeness (QED) is 0.667. The van der Waals surface area contributed by atoms with Gasteiger partial charge in [0, 0.05) is 18.5 Å². The number of amides is 1. The lowest BCUT2D eigenvalue weighted by molar-refractivity contribution is 0.00398. The Labute approximate surface area is 91.8 Å². The molecule has 2 rings (SSSR count). The Morgan fingerprint density at radius 3 is 2.60 bits per heavy atom. The second kappa shape index (κ2) is 3.69. The number of rotatable bonds is 1. The van der Waals surface area contributed by atoms with Crippen molar-refractivity contribution in [2.24, 2.45) is 17.3 Å². The molecule has 0 radical (unpaired) electrons. The molecule has 2 aliphatic rings. The summed E-state index contributed by atoms with van der Waals surface area (Å²) in [7, 11) is 1.46. The summed E-state index contributed by atoms with van der Waals surface area (Å²) in [5.41, 5.74) is 0.448. The molecule has 3 heteroatoms. The van der Waals surface area contributed by atoms with Gasteiger partial charge in [-0.15, -0.1) is 0 Å². The number of likely N-dealkylation sites (tertiary alicyclic amines) is 1. The molecular formula is C12H21NO2. The number of methoxy groups -OCH3 is 1. The highest BCUT2D eigenvalue weighted by Crippen LogP contribution is 2.50. The summed E-state index contributed by atoms with van der Waals surface area (Å²) in [5, 5.41) is 0. The maximum Gasteiger partial charge on any atom is 0.409 e. The molecule has 0 aromatic heterocycles. The molecule has 2 fully saturated rings. The summed E-state index contributed by atoms with van der Waals surface area (Å²) in [4.78, 5) is 13.1. The minimum Gasteiger partial charge on any atom is -0.453 e. The first kappa shape index (κ1) is 10.8. The van der Waals surface area contributed by atoms with Gasteiger partial charge in [0.25, 0.3) is 0 Å². The van der Waals surface area contributed by atoms with Crippen molar-refractivity contribution < 1.29 is 9.53 Å². The highest BCUT2D eigenvalue weighted by atomic mass is 16.5. The fourth-order valence-corrected chi connectivity index (χ4v) is 3.13. The summed E-state index contributed by atoms with van der Waals surface area (Å²) in [6, 6.07) is 0. The van der Waals surface area contributed by atoms with Crippen LogP contribution in [-0.4, -0.2) is 31.2 Å². The van der Waals surface area contributed by atoms with E-state index in [1.807, 2.05) is 4.90 Å². The Bertz CT molecular complexity index is 256. The molecule has 0 aromatic rings. The summed E-state index contributed by atoms with van der Waals surface area (Å²) in [6.45, 7) is 6.45. The standard InChI is InChI=1S/C12H21NO2/c1-9(2)10-4-5-12(6-10)7-13(8-12)11(14)15-3/h9-10H,4-8H2,1-3H3. The van der Waals surface area contributed by atoms with E-state index in [-0.39, 0.29) is 6.09 Å². The maximum atomic E-state index is 11.3. The number of carbonyl (C=O) groups is 1. The van der Waals surface area contributed by atoms with Gasteiger partial charge in [-0.05, 0) is 31.1 Å². The van der Waals surface area contributed by atoms with E-state index in [1.54, 1.807) is 0 Å². The van der Waals surface area contributed by atoms with Crippen LogP contribution in [0.15, 0.2) is 0 Å². The average molecular weight is 211 g/mol. The molecular weight excluding hydrogens is 190 g/mol. The molecule has 0 aromatic carbocycles. The van der Waals surface area contributed by atoms with E-state index in [1.165, 1.54) is 26.4 Å². The van der Waals surface area contributed by atoms with Crippen LogP contribution in [-0.2, 0) is 4.74 Å². The first-order chi connectivity index (χ1) is 7.06. The number of hydrogen-bond acceptors (Lipinski definition) is 2. The Balaban J connectivity index is 1.86. The normalized spacial score (nSPS) is 28.3. The van der Waals surface area contributed by atoms with E-state index in [0.717, 1.165) is 24.9 Å². The topological polar surface area (TPSA) is 29.5 Å². The van der Waals surface area contributed by atoms with Gasteiger partial charge < -0.3 is 9.64 Å². The molecule has 1 atom stereocenters. The molecule has 86 valence electrons. The van der Waals surface area contributed by atoms with Crippen LogP contribution < -0.4 is 0 Å². The Hall–Kier alpha value is -0.730. The van der Waals surface area contributed by atoms with E-state index in [9.17, 15) is 4.79 Å². The summed E-state index contributed by atoms with van der Waals surface area (Å²) in [6.07, 6.45) is 3.78. The van der Waals surface area contributed by atoms with E-state index in [4.69, 9.17) is 4.74 Å².